The summed E-state index contributed by atoms with van der Waals surface area (Å²) < 4.78 is 7.36. The predicted molar refractivity (Wildman–Crippen MR) is 121 cm³/mol. The normalized spacial score (nSPS) is 16.6. The summed E-state index contributed by atoms with van der Waals surface area (Å²) in [5.74, 6) is 2.49. The van der Waals surface area contributed by atoms with E-state index in [0.717, 1.165) is 49.8 Å². The standard InChI is InChI=1S/C24H36N4O2/c1-5-30-22-10-8-20(9-11-22)6-7-21-13-16-27(17-14-21)19(4)24(29)26-23-12-15-25-28(23)18(2)3/h8-12,15,18-19,21H,5-7,13-14,16-17H2,1-4H3,(H,26,29). The Balaban J connectivity index is 1.43. The lowest BCUT2D eigenvalue weighted by atomic mass is 9.90. The molecule has 1 unspecified atom stereocenters. The number of carbonyl (C=O) groups is 1. The number of likely N-dealkylation sites (tertiary alicyclic amines) is 1. The minimum atomic E-state index is -0.132. The quantitative estimate of drug-likeness (QED) is 0.657. The number of nitrogens with one attached hydrogen (secondary N) is 1. The molecule has 6 nitrogen and oxygen atoms in total. The van der Waals surface area contributed by atoms with Crippen LogP contribution >= 0.6 is 0 Å². The summed E-state index contributed by atoms with van der Waals surface area (Å²) in [6.07, 6.45) is 6.34. The number of nitrogens with zero attached hydrogens (tertiary/aromatic N) is 3. The SMILES string of the molecule is CCOc1ccc(CCC2CCN(C(C)C(=O)Nc3ccnn3C(C)C)CC2)cc1. The molecule has 1 aliphatic rings. The van der Waals surface area contributed by atoms with E-state index in [2.05, 4.69) is 53.4 Å². The Kier molecular flexibility index (Phi) is 7.91. The number of benzene rings is 1. The molecule has 30 heavy (non-hydrogen) atoms. The summed E-state index contributed by atoms with van der Waals surface area (Å²) in [5.41, 5.74) is 1.37. The third kappa shape index (κ3) is 5.85. The van der Waals surface area contributed by atoms with Crippen LogP contribution in [0.3, 0.4) is 0 Å². The fraction of sp³-hybridized carbons (Fsp3) is 0.583. The average molecular weight is 413 g/mol. The van der Waals surface area contributed by atoms with Crippen LogP contribution in [-0.4, -0.2) is 46.3 Å². The van der Waals surface area contributed by atoms with Gasteiger partial charge in [0.05, 0.1) is 18.8 Å². The van der Waals surface area contributed by atoms with Gasteiger partial charge in [0.15, 0.2) is 0 Å². The number of rotatable bonds is 9. The first-order valence-electron chi connectivity index (χ1n) is 11.3. The van der Waals surface area contributed by atoms with Gasteiger partial charge in [-0.1, -0.05) is 12.1 Å². The zero-order valence-corrected chi connectivity index (χ0v) is 18.8. The smallest absolute Gasteiger partial charge is 0.242 e. The van der Waals surface area contributed by atoms with Gasteiger partial charge in [-0.3, -0.25) is 9.69 Å². The van der Waals surface area contributed by atoms with Gasteiger partial charge in [0.25, 0.3) is 0 Å². The maximum atomic E-state index is 12.7. The van der Waals surface area contributed by atoms with E-state index in [4.69, 9.17) is 4.74 Å². The van der Waals surface area contributed by atoms with Crippen molar-refractivity contribution in [2.75, 3.05) is 25.0 Å². The van der Waals surface area contributed by atoms with Gasteiger partial charge in [-0.05, 0) is 90.1 Å². The van der Waals surface area contributed by atoms with Gasteiger partial charge < -0.3 is 10.1 Å². The van der Waals surface area contributed by atoms with Crippen LogP contribution < -0.4 is 10.1 Å². The Labute approximate surface area is 180 Å². The summed E-state index contributed by atoms with van der Waals surface area (Å²) in [6.45, 7) is 10.8. The number of hydrogen-bond donors (Lipinski definition) is 1. The van der Waals surface area contributed by atoms with Gasteiger partial charge in [-0.2, -0.15) is 5.10 Å². The Hall–Kier alpha value is -2.34. The highest BCUT2D eigenvalue weighted by Gasteiger charge is 2.27. The fourth-order valence-electron chi connectivity index (χ4n) is 4.14. The predicted octanol–water partition coefficient (Wildman–Crippen LogP) is 4.53. The molecular weight excluding hydrogens is 376 g/mol. The second-order valence-electron chi connectivity index (χ2n) is 8.51. The van der Waals surface area contributed by atoms with Gasteiger partial charge in [0.2, 0.25) is 5.91 Å². The molecule has 3 rings (SSSR count). The first kappa shape index (κ1) is 22.3. The summed E-state index contributed by atoms with van der Waals surface area (Å²) in [5, 5.41) is 7.34. The first-order valence-corrected chi connectivity index (χ1v) is 11.3. The average Bonchev–Trinajstić information content (AvgIpc) is 3.22. The Morgan fingerprint density at radius 3 is 2.50 bits per heavy atom. The minimum Gasteiger partial charge on any atom is -0.494 e. The van der Waals surface area contributed by atoms with Crippen LogP contribution in [0.25, 0.3) is 0 Å². The molecule has 1 saturated heterocycles. The van der Waals surface area contributed by atoms with Crippen molar-refractivity contribution < 1.29 is 9.53 Å². The van der Waals surface area contributed by atoms with E-state index in [1.807, 2.05) is 24.6 Å². The zero-order chi connectivity index (χ0) is 21.5. The van der Waals surface area contributed by atoms with Crippen LogP contribution in [0.5, 0.6) is 5.75 Å². The molecule has 0 radical (unpaired) electrons. The van der Waals surface area contributed by atoms with E-state index >= 15 is 0 Å². The van der Waals surface area contributed by atoms with Crippen LogP contribution in [0.15, 0.2) is 36.5 Å². The third-order valence-electron chi connectivity index (χ3n) is 6.06. The van der Waals surface area contributed by atoms with E-state index in [1.54, 1.807) is 6.20 Å². The van der Waals surface area contributed by atoms with E-state index in [9.17, 15) is 4.79 Å². The second-order valence-corrected chi connectivity index (χ2v) is 8.51. The van der Waals surface area contributed by atoms with Gasteiger partial charge in [0, 0.05) is 12.1 Å². The summed E-state index contributed by atoms with van der Waals surface area (Å²) in [7, 11) is 0. The summed E-state index contributed by atoms with van der Waals surface area (Å²) in [4.78, 5) is 15.1. The molecule has 0 saturated carbocycles. The molecule has 2 heterocycles. The maximum absolute atomic E-state index is 12.7. The monoisotopic (exact) mass is 412 g/mol. The molecule has 1 N–H and O–H groups in total. The topological polar surface area (TPSA) is 59.4 Å². The van der Waals surface area contributed by atoms with Crippen molar-refractivity contribution in [1.82, 2.24) is 14.7 Å². The lowest BCUT2D eigenvalue weighted by molar-refractivity contribution is -0.121. The van der Waals surface area contributed by atoms with E-state index in [1.165, 1.54) is 12.0 Å². The highest BCUT2D eigenvalue weighted by molar-refractivity contribution is 5.93. The number of anilines is 1. The number of amides is 1. The molecular formula is C24H36N4O2. The van der Waals surface area contributed by atoms with E-state index in [0.29, 0.717) is 6.61 Å². The van der Waals surface area contributed by atoms with Crippen molar-refractivity contribution in [2.24, 2.45) is 5.92 Å². The van der Waals surface area contributed by atoms with Crippen molar-refractivity contribution in [3.05, 3.63) is 42.1 Å². The van der Waals surface area contributed by atoms with E-state index < -0.39 is 0 Å². The van der Waals surface area contributed by atoms with Gasteiger partial charge in [-0.15, -0.1) is 0 Å². The van der Waals surface area contributed by atoms with Crippen LogP contribution in [0.1, 0.15) is 58.6 Å². The lowest BCUT2D eigenvalue weighted by Crippen LogP contribution is -2.46. The molecule has 1 atom stereocenters. The number of hydrogen-bond acceptors (Lipinski definition) is 4. The molecule has 1 aliphatic heterocycles. The molecule has 0 bridgehead atoms. The summed E-state index contributed by atoms with van der Waals surface area (Å²) in [6, 6.07) is 10.4. The van der Waals surface area contributed by atoms with Crippen molar-refractivity contribution in [1.29, 1.82) is 0 Å². The Morgan fingerprint density at radius 2 is 1.87 bits per heavy atom. The lowest BCUT2D eigenvalue weighted by Gasteiger charge is -2.35. The number of aromatic nitrogens is 2. The molecule has 1 aromatic heterocycles. The van der Waals surface area contributed by atoms with Gasteiger partial charge >= 0.3 is 0 Å². The highest BCUT2D eigenvalue weighted by Crippen LogP contribution is 2.25. The Bertz CT molecular complexity index is 792. The zero-order valence-electron chi connectivity index (χ0n) is 18.8. The number of piperidine rings is 1. The molecule has 1 amide bonds. The molecule has 6 heteroatoms. The number of ether oxygens (including phenoxy) is 1. The van der Waals surface area contributed by atoms with Gasteiger partial charge in [0.1, 0.15) is 11.6 Å². The van der Waals surface area contributed by atoms with E-state index in [-0.39, 0.29) is 18.0 Å². The molecule has 0 spiro atoms. The molecule has 1 aromatic carbocycles. The van der Waals surface area contributed by atoms with Crippen LogP contribution in [-0.2, 0) is 11.2 Å². The number of carbonyl (C=O) groups excluding carboxylic acids is 1. The highest BCUT2D eigenvalue weighted by atomic mass is 16.5. The third-order valence-corrected chi connectivity index (χ3v) is 6.06. The minimum absolute atomic E-state index is 0.0465. The number of aryl methyl sites for hydroxylation is 1. The fourth-order valence-corrected chi connectivity index (χ4v) is 4.14. The van der Waals surface area contributed by atoms with Crippen molar-refractivity contribution >= 4 is 11.7 Å². The van der Waals surface area contributed by atoms with Crippen LogP contribution in [0, 0.1) is 5.92 Å². The van der Waals surface area contributed by atoms with Gasteiger partial charge in [-0.25, -0.2) is 4.68 Å². The Morgan fingerprint density at radius 1 is 1.17 bits per heavy atom. The second kappa shape index (κ2) is 10.6. The molecule has 0 aliphatic carbocycles. The first-order chi connectivity index (χ1) is 14.5. The van der Waals surface area contributed by atoms with Crippen molar-refractivity contribution in [3.8, 4) is 5.75 Å². The molecule has 164 valence electrons. The molecule has 2 aromatic rings. The van der Waals surface area contributed by atoms with Crippen molar-refractivity contribution in [3.63, 3.8) is 0 Å². The van der Waals surface area contributed by atoms with Crippen molar-refractivity contribution in [2.45, 2.75) is 65.5 Å². The molecule has 1 fully saturated rings. The van der Waals surface area contributed by atoms with Crippen LogP contribution in [0.2, 0.25) is 0 Å². The maximum Gasteiger partial charge on any atom is 0.242 e. The van der Waals surface area contributed by atoms with Crippen LogP contribution in [0.4, 0.5) is 5.82 Å². The largest absolute Gasteiger partial charge is 0.494 e. The summed E-state index contributed by atoms with van der Waals surface area (Å²) >= 11 is 0.